The molecule has 4 rings (SSSR count). The lowest BCUT2D eigenvalue weighted by molar-refractivity contribution is -0.126. The van der Waals surface area contributed by atoms with Crippen LogP contribution in [0.2, 0.25) is 0 Å². The van der Waals surface area contributed by atoms with Crippen molar-refractivity contribution >= 4 is 11.5 Å². The van der Waals surface area contributed by atoms with E-state index in [4.69, 9.17) is 6.42 Å². The molecule has 2 aliphatic rings. The van der Waals surface area contributed by atoms with Crippen molar-refractivity contribution in [1.82, 2.24) is 20.0 Å². The number of aryl methyl sites for hydroxylation is 1. The molecular weight excluding hydrogens is 511 g/mol. The van der Waals surface area contributed by atoms with Crippen LogP contribution in [0.25, 0.3) is 5.57 Å². The van der Waals surface area contributed by atoms with Crippen LogP contribution in [0.3, 0.4) is 0 Å². The van der Waals surface area contributed by atoms with Crippen LogP contribution in [0, 0.1) is 18.2 Å². The van der Waals surface area contributed by atoms with Gasteiger partial charge in [0.25, 0.3) is 0 Å². The number of nitrogens with zero attached hydrogens (tertiary/aromatic N) is 3. The van der Waals surface area contributed by atoms with E-state index >= 15 is 0 Å². The number of carbonyl (C=O) groups is 1. The van der Waals surface area contributed by atoms with Crippen LogP contribution in [-0.2, 0) is 11.2 Å². The van der Waals surface area contributed by atoms with Crippen LogP contribution in [0.5, 0.6) is 0 Å². The zero-order valence-electron chi connectivity index (χ0n) is 24.4. The van der Waals surface area contributed by atoms with Gasteiger partial charge in [-0.3, -0.25) is 14.6 Å². The number of benzene rings is 2. The Kier molecular flexibility index (Phi) is 11.4. The number of carbonyl (C=O) groups excluding carboxylic acids is 1. The van der Waals surface area contributed by atoms with E-state index in [1.54, 1.807) is 6.08 Å². The summed E-state index contributed by atoms with van der Waals surface area (Å²) in [5.41, 5.74) is 6.86. The average Bonchev–Trinajstić information content (AvgIpc) is 3.00. The van der Waals surface area contributed by atoms with Crippen molar-refractivity contribution < 1.29 is 9.18 Å². The Labute approximate surface area is 245 Å². The van der Waals surface area contributed by atoms with Crippen molar-refractivity contribution in [3.8, 4) is 12.3 Å². The molecule has 0 spiro atoms. The lowest BCUT2D eigenvalue weighted by Gasteiger charge is -2.34. The summed E-state index contributed by atoms with van der Waals surface area (Å²) in [4.78, 5) is 19.7. The Morgan fingerprint density at radius 1 is 0.976 bits per heavy atom. The molecule has 2 fully saturated rings. The van der Waals surface area contributed by atoms with Gasteiger partial charge in [-0.25, -0.2) is 4.39 Å². The smallest absolute Gasteiger partial charge is 0.246 e. The van der Waals surface area contributed by atoms with E-state index in [0.29, 0.717) is 19.5 Å². The Morgan fingerprint density at radius 2 is 1.59 bits per heavy atom. The molecule has 2 aromatic rings. The second-order valence-electron chi connectivity index (χ2n) is 10.8. The fraction of sp³-hybridized carbons (Fsp3) is 0.400. The Bertz CT molecular complexity index is 1250. The molecule has 1 N–H and O–H groups in total. The maximum atomic E-state index is 13.7. The van der Waals surface area contributed by atoms with Crippen molar-refractivity contribution in [2.75, 3.05) is 58.9 Å². The quantitative estimate of drug-likeness (QED) is 0.310. The minimum absolute atomic E-state index is 0.0802. The molecule has 2 saturated heterocycles. The molecule has 0 radical (unpaired) electrons. The first-order valence-electron chi connectivity index (χ1n) is 14.8. The first-order chi connectivity index (χ1) is 20.0. The van der Waals surface area contributed by atoms with Gasteiger partial charge in [-0.05, 0) is 53.7 Å². The van der Waals surface area contributed by atoms with E-state index in [2.05, 4.69) is 58.8 Å². The number of rotatable bonds is 11. The van der Waals surface area contributed by atoms with E-state index in [1.165, 1.54) is 28.8 Å². The summed E-state index contributed by atoms with van der Waals surface area (Å²) >= 11 is 0. The third-order valence-corrected chi connectivity index (χ3v) is 8.02. The Morgan fingerprint density at radius 3 is 2.20 bits per heavy atom. The number of likely N-dealkylation sites (tertiary alicyclic amines) is 1. The summed E-state index contributed by atoms with van der Waals surface area (Å²) in [6.07, 6.45) is 12.3. The minimum atomic E-state index is -0.232. The van der Waals surface area contributed by atoms with Crippen molar-refractivity contribution in [2.45, 2.75) is 32.6 Å². The summed E-state index contributed by atoms with van der Waals surface area (Å²) in [6, 6.07) is 15.4. The number of nitrogens with one attached hydrogen (secondary N) is 1. The fourth-order valence-electron chi connectivity index (χ4n) is 5.53. The van der Waals surface area contributed by atoms with Gasteiger partial charge >= 0.3 is 0 Å². The second-order valence-corrected chi connectivity index (χ2v) is 10.8. The summed E-state index contributed by atoms with van der Waals surface area (Å²) in [7, 11) is 0. The topological polar surface area (TPSA) is 38.8 Å². The highest BCUT2D eigenvalue weighted by molar-refractivity contribution is 5.88. The molecule has 1 amide bonds. The molecule has 216 valence electrons. The van der Waals surface area contributed by atoms with E-state index in [0.717, 1.165) is 81.9 Å². The molecular formula is C35H43FN4O. The van der Waals surface area contributed by atoms with Gasteiger partial charge in [-0.15, -0.1) is 12.3 Å². The average molecular weight is 555 g/mol. The maximum absolute atomic E-state index is 13.7. The van der Waals surface area contributed by atoms with Gasteiger partial charge in [0.05, 0.1) is 0 Å². The molecule has 0 aromatic heterocycles. The lowest BCUT2D eigenvalue weighted by Crippen LogP contribution is -2.48. The molecule has 2 aliphatic heterocycles. The largest absolute Gasteiger partial charge is 0.387 e. The van der Waals surface area contributed by atoms with E-state index in [1.807, 2.05) is 23.1 Å². The zero-order chi connectivity index (χ0) is 29.0. The molecule has 6 heteroatoms. The van der Waals surface area contributed by atoms with Gasteiger partial charge in [0.15, 0.2) is 0 Å². The van der Waals surface area contributed by atoms with Crippen LogP contribution < -0.4 is 5.32 Å². The van der Waals surface area contributed by atoms with Gasteiger partial charge in [0, 0.05) is 77.1 Å². The second kappa shape index (κ2) is 15.4. The maximum Gasteiger partial charge on any atom is 0.246 e. The number of piperazine rings is 1. The van der Waals surface area contributed by atoms with Crippen molar-refractivity contribution in [1.29, 1.82) is 0 Å². The fourth-order valence-corrected chi connectivity index (χ4v) is 5.53. The molecule has 5 nitrogen and oxygen atoms in total. The van der Waals surface area contributed by atoms with Crippen LogP contribution in [-0.4, -0.2) is 79.5 Å². The van der Waals surface area contributed by atoms with Gasteiger partial charge in [0.1, 0.15) is 5.82 Å². The van der Waals surface area contributed by atoms with Gasteiger partial charge in [0.2, 0.25) is 5.91 Å². The molecule has 0 atom stereocenters. The molecule has 0 aliphatic carbocycles. The Hall–Kier alpha value is -3.66. The number of allylic oxidation sites excluding steroid dienone is 1. The predicted molar refractivity (Wildman–Crippen MR) is 167 cm³/mol. The number of hydrogen-bond donors (Lipinski definition) is 1. The van der Waals surface area contributed by atoms with Gasteiger partial charge in [-0.2, -0.15) is 0 Å². The van der Waals surface area contributed by atoms with E-state index in [-0.39, 0.29) is 11.7 Å². The summed E-state index contributed by atoms with van der Waals surface area (Å²) in [5.74, 6) is 2.45. The molecule has 0 unspecified atom stereocenters. The number of terminal acetylenes is 1. The van der Waals surface area contributed by atoms with Gasteiger partial charge < -0.3 is 10.2 Å². The Balaban J connectivity index is 1.27. The third kappa shape index (κ3) is 8.91. The van der Waals surface area contributed by atoms with Crippen LogP contribution in [0.4, 0.5) is 4.39 Å². The van der Waals surface area contributed by atoms with Crippen molar-refractivity contribution in [3.05, 3.63) is 101 Å². The number of piperidine rings is 1. The standard InChI is InChI=1S/C35H43FN4O/c1-4-7-28(3)37-19-23-39-26-24-38(25-27-39)20-6-8-34(41)40-21-17-32(18-22-40)35(31-13-15-33(36)16-14-31)30-11-9-29(5-2)10-12-30/h1,6,8-16,37H,3,5,7,17-27H2,2H3/b8-6+. The highest BCUT2D eigenvalue weighted by atomic mass is 19.1. The molecule has 2 aromatic carbocycles. The van der Waals surface area contributed by atoms with Crippen LogP contribution >= 0.6 is 0 Å². The van der Waals surface area contributed by atoms with E-state index < -0.39 is 0 Å². The number of halogens is 1. The first kappa shape index (κ1) is 30.3. The first-order valence-corrected chi connectivity index (χ1v) is 14.8. The predicted octanol–water partition coefficient (Wildman–Crippen LogP) is 5.11. The van der Waals surface area contributed by atoms with Gasteiger partial charge in [-0.1, -0.05) is 61.5 Å². The summed E-state index contributed by atoms with van der Waals surface area (Å²) in [5, 5.41) is 3.29. The number of amides is 1. The lowest BCUT2D eigenvalue weighted by atomic mass is 9.88. The normalized spacial score (nSPS) is 16.5. The third-order valence-electron chi connectivity index (χ3n) is 8.02. The highest BCUT2D eigenvalue weighted by Crippen LogP contribution is 2.33. The van der Waals surface area contributed by atoms with E-state index in [9.17, 15) is 9.18 Å². The van der Waals surface area contributed by atoms with Crippen LogP contribution in [0.1, 0.15) is 42.9 Å². The van der Waals surface area contributed by atoms with Crippen LogP contribution in [0.15, 0.2) is 78.5 Å². The molecule has 2 heterocycles. The molecule has 0 bridgehead atoms. The summed E-state index contributed by atoms with van der Waals surface area (Å²) < 4.78 is 13.7. The highest BCUT2D eigenvalue weighted by Gasteiger charge is 2.22. The SMILES string of the molecule is C#CCC(=C)NCCN1CCN(C/C=C/C(=O)N2CCC(=C(c3ccc(F)cc3)c3ccc(CC)cc3)CC2)CC1. The minimum Gasteiger partial charge on any atom is -0.387 e. The van der Waals surface area contributed by atoms with Crippen molar-refractivity contribution in [2.24, 2.45) is 0 Å². The zero-order valence-corrected chi connectivity index (χ0v) is 24.4. The summed E-state index contributed by atoms with van der Waals surface area (Å²) in [6.45, 7) is 14.1. The number of hydrogen-bond acceptors (Lipinski definition) is 4. The monoisotopic (exact) mass is 554 g/mol. The molecule has 41 heavy (non-hydrogen) atoms. The molecule has 0 saturated carbocycles. The van der Waals surface area contributed by atoms with Crippen molar-refractivity contribution in [3.63, 3.8) is 0 Å².